The third-order valence-corrected chi connectivity index (χ3v) is 4.69. The van der Waals surface area contributed by atoms with Gasteiger partial charge in [0.05, 0.1) is 0 Å². The number of amides is 1. The van der Waals surface area contributed by atoms with E-state index in [4.69, 9.17) is 21.1 Å². The van der Waals surface area contributed by atoms with E-state index < -0.39 is 0 Å². The molecule has 0 radical (unpaired) electrons. The average molecular weight is 378 g/mol. The maximum atomic E-state index is 12.7. The third-order valence-electron chi connectivity index (χ3n) is 4.36. The van der Waals surface area contributed by atoms with Gasteiger partial charge in [0.1, 0.15) is 18.1 Å². The normalized spacial score (nSPS) is 10.9. The van der Waals surface area contributed by atoms with Crippen molar-refractivity contribution in [3.63, 3.8) is 0 Å². The molecule has 4 nitrogen and oxygen atoms in total. The molecular formula is C22H16ClNO3. The van der Waals surface area contributed by atoms with Crippen LogP contribution in [0.15, 0.2) is 77.2 Å². The number of anilines is 1. The van der Waals surface area contributed by atoms with Crippen LogP contribution in [-0.2, 0) is 6.61 Å². The average Bonchev–Trinajstić information content (AvgIpc) is 3.18. The molecule has 1 aromatic heterocycles. The van der Waals surface area contributed by atoms with Crippen molar-refractivity contribution in [3.05, 3.63) is 89.1 Å². The highest BCUT2D eigenvalue weighted by Crippen LogP contribution is 2.27. The number of carbonyl (C=O) groups is 1. The first-order valence-electron chi connectivity index (χ1n) is 8.44. The van der Waals surface area contributed by atoms with Crippen molar-refractivity contribution in [2.75, 3.05) is 5.32 Å². The smallest absolute Gasteiger partial charge is 0.256 e. The second-order valence-electron chi connectivity index (χ2n) is 6.10. The highest BCUT2D eigenvalue weighted by atomic mass is 35.5. The Morgan fingerprint density at radius 2 is 1.67 bits per heavy atom. The van der Waals surface area contributed by atoms with Crippen LogP contribution < -0.4 is 5.32 Å². The van der Waals surface area contributed by atoms with Crippen molar-refractivity contribution in [1.82, 2.24) is 0 Å². The molecule has 27 heavy (non-hydrogen) atoms. The lowest BCUT2D eigenvalue weighted by molar-refractivity contribution is 0.102. The van der Waals surface area contributed by atoms with Crippen LogP contribution in [0.1, 0.15) is 16.1 Å². The first-order valence-corrected chi connectivity index (χ1v) is 8.82. The fraction of sp³-hybridized carbons (Fsp3) is 0.0455. The maximum absolute atomic E-state index is 12.7. The summed E-state index contributed by atoms with van der Waals surface area (Å²) in [6, 6.07) is 21.9. The molecule has 2 N–H and O–H groups in total. The summed E-state index contributed by atoms with van der Waals surface area (Å²) >= 11 is 6.23. The molecule has 0 unspecified atom stereocenters. The van der Waals surface area contributed by atoms with Gasteiger partial charge in [-0.3, -0.25) is 4.79 Å². The molecule has 5 heteroatoms. The zero-order chi connectivity index (χ0) is 18.8. The van der Waals surface area contributed by atoms with Gasteiger partial charge in [-0.05, 0) is 53.9 Å². The summed E-state index contributed by atoms with van der Waals surface area (Å²) in [5, 5.41) is 14.3. The Morgan fingerprint density at radius 1 is 0.926 bits per heavy atom. The topological polar surface area (TPSA) is 62.5 Å². The van der Waals surface area contributed by atoms with Gasteiger partial charge in [-0.25, -0.2) is 0 Å². The van der Waals surface area contributed by atoms with Crippen molar-refractivity contribution in [2.24, 2.45) is 0 Å². The van der Waals surface area contributed by atoms with Crippen LogP contribution in [0.25, 0.3) is 22.1 Å². The van der Waals surface area contributed by atoms with Crippen LogP contribution >= 0.6 is 11.6 Å². The van der Waals surface area contributed by atoms with Crippen LogP contribution in [-0.4, -0.2) is 11.0 Å². The van der Waals surface area contributed by atoms with Gasteiger partial charge < -0.3 is 14.8 Å². The van der Waals surface area contributed by atoms with Crippen molar-refractivity contribution < 1.29 is 14.3 Å². The predicted octanol–water partition coefficient (Wildman–Crippen LogP) is 5.50. The van der Waals surface area contributed by atoms with Crippen molar-refractivity contribution in [1.29, 1.82) is 0 Å². The van der Waals surface area contributed by atoms with Gasteiger partial charge in [0, 0.05) is 27.2 Å². The second kappa shape index (κ2) is 7.27. The van der Waals surface area contributed by atoms with Gasteiger partial charge in [0.15, 0.2) is 0 Å². The van der Waals surface area contributed by atoms with E-state index in [0.29, 0.717) is 27.8 Å². The number of benzene rings is 3. The molecule has 0 atom stereocenters. The van der Waals surface area contributed by atoms with Crippen LogP contribution in [0.2, 0.25) is 5.02 Å². The maximum Gasteiger partial charge on any atom is 0.256 e. The molecule has 0 saturated carbocycles. The number of rotatable bonds is 4. The molecule has 0 aliphatic rings. The first-order chi connectivity index (χ1) is 13.2. The molecular weight excluding hydrogens is 362 g/mol. The number of carbonyl (C=O) groups excluding carboxylic acids is 1. The number of fused-ring (bicyclic) bond motifs is 1. The quantitative estimate of drug-likeness (QED) is 0.493. The van der Waals surface area contributed by atoms with Gasteiger partial charge in [-0.15, -0.1) is 0 Å². The van der Waals surface area contributed by atoms with Crippen molar-refractivity contribution >= 4 is 34.0 Å². The van der Waals surface area contributed by atoms with E-state index in [1.165, 1.54) is 0 Å². The van der Waals surface area contributed by atoms with E-state index in [1.807, 2.05) is 48.5 Å². The van der Waals surface area contributed by atoms with E-state index in [0.717, 1.165) is 16.3 Å². The Labute approximate surface area is 161 Å². The lowest BCUT2D eigenvalue weighted by atomic mass is 10.0. The second-order valence-corrected chi connectivity index (χ2v) is 6.50. The SMILES string of the molecule is O=C(Nc1ccc(-c2ccc(CO)o2)cc1)c1cccc2c(Cl)cccc12. The fourth-order valence-electron chi connectivity index (χ4n) is 3.00. The Hall–Kier alpha value is -3.08. The zero-order valence-electron chi connectivity index (χ0n) is 14.3. The molecule has 4 rings (SSSR count). The number of aliphatic hydroxyl groups is 1. The van der Waals surface area contributed by atoms with E-state index >= 15 is 0 Å². The summed E-state index contributed by atoms with van der Waals surface area (Å²) in [6.45, 7) is -0.136. The summed E-state index contributed by atoms with van der Waals surface area (Å²) in [7, 11) is 0. The molecule has 3 aromatic carbocycles. The minimum absolute atomic E-state index is 0.136. The number of hydrogen-bond donors (Lipinski definition) is 2. The third kappa shape index (κ3) is 3.45. The Balaban J connectivity index is 1.57. The number of halogens is 1. The molecule has 1 heterocycles. The molecule has 0 bridgehead atoms. The van der Waals surface area contributed by atoms with Crippen LogP contribution in [0.3, 0.4) is 0 Å². The molecule has 4 aromatic rings. The molecule has 0 fully saturated rings. The number of furan rings is 1. The van der Waals surface area contributed by atoms with E-state index in [2.05, 4.69) is 5.32 Å². The number of nitrogens with one attached hydrogen (secondary N) is 1. The first kappa shape index (κ1) is 17.3. The largest absolute Gasteiger partial charge is 0.459 e. The molecule has 1 amide bonds. The zero-order valence-corrected chi connectivity index (χ0v) is 15.0. The summed E-state index contributed by atoms with van der Waals surface area (Å²) in [6.07, 6.45) is 0. The summed E-state index contributed by atoms with van der Waals surface area (Å²) in [4.78, 5) is 12.7. The highest BCUT2D eigenvalue weighted by Gasteiger charge is 2.12. The van der Waals surface area contributed by atoms with Crippen molar-refractivity contribution in [2.45, 2.75) is 6.61 Å². The van der Waals surface area contributed by atoms with Crippen LogP contribution in [0.5, 0.6) is 0 Å². The number of aliphatic hydroxyl groups excluding tert-OH is 1. The van der Waals surface area contributed by atoms with Crippen LogP contribution in [0, 0.1) is 0 Å². The highest BCUT2D eigenvalue weighted by molar-refractivity contribution is 6.36. The minimum atomic E-state index is -0.198. The minimum Gasteiger partial charge on any atom is -0.459 e. The molecule has 0 spiro atoms. The lowest BCUT2D eigenvalue weighted by Crippen LogP contribution is -2.12. The summed E-state index contributed by atoms with van der Waals surface area (Å²) < 4.78 is 5.52. The van der Waals surface area contributed by atoms with Gasteiger partial charge in [0.25, 0.3) is 5.91 Å². The lowest BCUT2D eigenvalue weighted by Gasteiger charge is -2.09. The summed E-state index contributed by atoms with van der Waals surface area (Å²) in [5.41, 5.74) is 2.11. The molecule has 0 aliphatic heterocycles. The Kier molecular flexibility index (Phi) is 4.67. The van der Waals surface area contributed by atoms with Gasteiger partial charge >= 0.3 is 0 Å². The monoisotopic (exact) mass is 377 g/mol. The van der Waals surface area contributed by atoms with E-state index in [-0.39, 0.29) is 12.5 Å². The Bertz CT molecular complexity index is 1120. The van der Waals surface area contributed by atoms with Gasteiger partial charge in [-0.1, -0.05) is 35.9 Å². The van der Waals surface area contributed by atoms with Crippen LogP contribution in [0.4, 0.5) is 5.69 Å². The van der Waals surface area contributed by atoms with E-state index in [1.54, 1.807) is 24.3 Å². The predicted molar refractivity (Wildman–Crippen MR) is 107 cm³/mol. The van der Waals surface area contributed by atoms with Gasteiger partial charge in [0.2, 0.25) is 0 Å². The van der Waals surface area contributed by atoms with Crippen molar-refractivity contribution in [3.8, 4) is 11.3 Å². The molecule has 134 valence electrons. The number of hydrogen-bond acceptors (Lipinski definition) is 3. The summed E-state index contributed by atoms with van der Waals surface area (Å²) in [5.74, 6) is 0.980. The van der Waals surface area contributed by atoms with E-state index in [9.17, 15) is 4.79 Å². The Morgan fingerprint density at radius 3 is 2.41 bits per heavy atom. The van der Waals surface area contributed by atoms with Gasteiger partial charge in [-0.2, -0.15) is 0 Å². The standard InChI is InChI=1S/C22H16ClNO3/c23-20-6-2-3-17-18(20)4-1-5-19(17)22(26)24-15-9-7-14(8-10-15)21-12-11-16(13-25)27-21/h1-12,25H,13H2,(H,24,26). The fourth-order valence-corrected chi connectivity index (χ4v) is 3.24. The molecule has 0 aliphatic carbocycles. The molecule has 0 saturated heterocycles.